The fourth-order valence-electron chi connectivity index (χ4n) is 2.24. The Hall–Kier alpha value is -0.840. The molecule has 4 nitrogen and oxygen atoms in total. The van der Waals surface area contributed by atoms with Gasteiger partial charge in [-0.25, -0.2) is 4.68 Å². The monoisotopic (exact) mass is 284 g/mol. The molecule has 0 radical (unpaired) electrons. The molecule has 1 aromatic rings. The van der Waals surface area contributed by atoms with Gasteiger partial charge in [-0.3, -0.25) is 5.41 Å². The summed E-state index contributed by atoms with van der Waals surface area (Å²) in [4.78, 5) is 0.466. The van der Waals surface area contributed by atoms with Crippen LogP contribution in [0.25, 0.3) is 0 Å². The quantitative estimate of drug-likeness (QED) is 0.605. The summed E-state index contributed by atoms with van der Waals surface area (Å²) in [5, 5.41) is 12.3. The normalized spacial score (nSPS) is 11.0. The fourth-order valence-corrected chi connectivity index (χ4v) is 2.81. The predicted octanol–water partition coefficient (Wildman–Crippen LogP) is 3.93. The van der Waals surface area contributed by atoms with Crippen LogP contribution in [0.4, 0.5) is 5.13 Å². The Bertz CT molecular complexity index is 383. The highest BCUT2D eigenvalue weighted by Crippen LogP contribution is 2.10. The Labute approximate surface area is 120 Å². The molecule has 0 spiro atoms. The van der Waals surface area contributed by atoms with Crippen molar-refractivity contribution in [1.29, 1.82) is 5.41 Å². The van der Waals surface area contributed by atoms with Gasteiger partial charge < -0.3 is 5.73 Å². The van der Waals surface area contributed by atoms with Crippen molar-refractivity contribution < 1.29 is 0 Å². The van der Waals surface area contributed by atoms with Gasteiger partial charge in [0.05, 0.1) is 0 Å². The predicted molar refractivity (Wildman–Crippen MR) is 82.2 cm³/mol. The van der Waals surface area contributed by atoms with E-state index in [1.807, 2.05) is 0 Å². The molecule has 0 aliphatic rings. The van der Waals surface area contributed by atoms with Gasteiger partial charge in [0, 0.05) is 6.54 Å². The van der Waals surface area contributed by atoms with E-state index in [0.29, 0.717) is 9.93 Å². The van der Waals surface area contributed by atoms with Crippen molar-refractivity contribution in [2.45, 2.75) is 77.7 Å². The van der Waals surface area contributed by atoms with Crippen LogP contribution in [-0.2, 0) is 6.54 Å². The van der Waals surface area contributed by atoms with Crippen LogP contribution < -0.4 is 10.5 Å². The topological polar surface area (TPSA) is 67.7 Å². The van der Waals surface area contributed by atoms with E-state index in [-0.39, 0.29) is 0 Å². The maximum Gasteiger partial charge on any atom is 0.202 e. The van der Waals surface area contributed by atoms with Gasteiger partial charge in [-0.05, 0) is 6.42 Å². The fraction of sp³-hybridized carbons (Fsp3) is 0.857. The molecule has 5 heteroatoms. The first-order chi connectivity index (χ1) is 9.24. The largest absolute Gasteiger partial charge is 0.374 e. The average molecular weight is 284 g/mol. The molecule has 0 bridgehead atoms. The van der Waals surface area contributed by atoms with Crippen LogP contribution in [0.15, 0.2) is 0 Å². The highest BCUT2D eigenvalue weighted by molar-refractivity contribution is 7.12. The second-order valence-corrected chi connectivity index (χ2v) is 6.16. The number of hydrogen-bond acceptors (Lipinski definition) is 4. The number of hydrogen-bond donors (Lipinski definition) is 2. The van der Waals surface area contributed by atoms with E-state index in [1.165, 1.54) is 69.1 Å². The second kappa shape index (κ2) is 10.0. The molecule has 1 rings (SSSR count). The van der Waals surface area contributed by atoms with Gasteiger partial charge in [0.1, 0.15) is 0 Å². The summed E-state index contributed by atoms with van der Waals surface area (Å²) in [6.07, 6.45) is 13.3. The minimum absolute atomic E-state index is 0.466. The first-order valence-corrected chi connectivity index (χ1v) is 8.43. The Kier molecular flexibility index (Phi) is 8.54. The van der Waals surface area contributed by atoms with Crippen molar-refractivity contribution >= 4 is 16.5 Å². The molecular formula is C14H28N4S. The van der Waals surface area contributed by atoms with E-state index in [1.54, 1.807) is 4.68 Å². The number of nitrogens with one attached hydrogen (secondary N) is 1. The summed E-state index contributed by atoms with van der Waals surface area (Å²) in [6, 6.07) is 0. The minimum Gasteiger partial charge on any atom is -0.374 e. The lowest BCUT2D eigenvalue weighted by molar-refractivity contribution is 0.506. The molecule has 0 unspecified atom stereocenters. The third-order valence-electron chi connectivity index (χ3n) is 3.38. The molecule has 3 N–H and O–H groups in total. The summed E-state index contributed by atoms with van der Waals surface area (Å²) in [5.74, 6) is 0. The zero-order chi connectivity index (χ0) is 13.9. The number of nitrogens with two attached hydrogens (primary N) is 1. The molecule has 0 fully saturated rings. The van der Waals surface area contributed by atoms with Crippen molar-refractivity contribution in [1.82, 2.24) is 9.78 Å². The minimum atomic E-state index is 0.466. The summed E-state index contributed by atoms with van der Waals surface area (Å²) >= 11 is 1.25. The standard InChI is InChI=1S/C14H28N4S/c1-2-3-4-5-6-7-8-9-10-11-12-18-14(16)19-13(15)17-18/h16H,2-12H2,1H3,(H2,15,17). The van der Waals surface area contributed by atoms with Crippen molar-refractivity contribution in [3.05, 3.63) is 4.80 Å². The number of unbranched alkanes of at least 4 members (excludes halogenated alkanes) is 9. The highest BCUT2D eigenvalue weighted by Gasteiger charge is 1.99. The van der Waals surface area contributed by atoms with Crippen LogP contribution in [0.1, 0.15) is 71.1 Å². The van der Waals surface area contributed by atoms with Crippen LogP contribution >= 0.6 is 11.3 Å². The van der Waals surface area contributed by atoms with Crippen LogP contribution in [0.2, 0.25) is 0 Å². The van der Waals surface area contributed by atoms with Gasteiger partial charge in [0.15, 0.2) is 0 Å². The van der Waals surface area contributed by atoms with E-state index in [4.69, 9.17) is 11.1 Å². The zero-order valence-corrected chi connectivity index (χ0v) is 13.0. The zero-order valence-electron chi connectivity index (χ0n) is 12.2. The van der Waals surface area contributed by atoms with E-state index < -0.39 is 0 Å². The van der Waals surface area contributed by atoms with E-state index in [9.17, 15) is 0 Å². The van der Waals surface area contributed by atoms with E-state index in [0.717, 1.165) is 13.0 Å². The van der Waals surface area contributed by atoms with Crippen LogP contribution in [0.3, 0.4) is 0 Å². The summed E-state index contributed by atoms with van der Waals surface area (Å²) in [7, 11) is 0. The SMILES string of the molecule is CCCCCCCCCCCCn1nc(N)sc1=N. The summed E-state index contributed by atoms with van der Waals surface area (Å²) in [6.45, 7) is 3.10. The molecular weight excluding hydrogens is 256 g/mol. The molecule has 0 saturated heterocycles. The first kappa shape index (κ1) is 16.2. The average Bonchev–Trinajstić information content (AvgIpc) is 2.70. The number of aryl methyl sites for hydroxylation is 1. The Morgan fingerprint density at radius 3 is 2.00 bits per heavy atom. The molecule has 1 aromatic heterocycles. The molecule has 0 aliphatic carbocycles. The summed E-state index contributed by atoms with van der Waals surface area (Å²) in [5.41, 5.74) is 5.57. The molecule has 0 atom stereocenters. The smallest absolute Gasteiger partial charge is 0.202 e. The molecule has 1 heterocycles. The number of anilines is 1. The maximum atomic E-state index is 7.66. The Morgan fingerprint density at radius 1 is 1.00 bits per heavy atom. The lowest BCUT2D eigenvalue weighted by atomic mass is 10.1. The molecule has 0 aliphatic heterocycles. The number of aromatic nitrogens is 2. The van der Waals surface area contributed by atoms with Gasteiger partial charge >= 0.3 is 0 Å². The number of nitrogen functional groups attached to an aromatic ring is 1. The molecule has 0 saturated carbocycles. The molecule has 0 amide bonds. The van der Waals surface area contributed by atoms with Crippen molar-refractivity contribution in [3.63, 3.8) is 0 Å². The Balaban J connectivity index is 1.91. The van der Waals surface area contributed by atoms with E-state index >= 15 is 0 Å². The van der Waals surface area contributed by atoms with E-state index in [2.05, 4.69) is 12.0 Å². The maximum absolute atomic E-state index is 7.66. The summed E-state index contributed by atoms with van der Waals surface area (Å²) < 4.78 is 1.71. The van der Waals surface area contributed by atoms with Gasteiger partial charge in [0.2, 0.25) is 9.93 Å². The molecule has 0 aromatic carbocycles. The second-order valence-electron chi connectivity index (χ2n) is 5.15. The highest BCUT2D eigenvalue weighted by atomic mass is 32.1. The van der Waals surface area contributed by atoms with Crippen LogP contribution in [0.5, 0.6) is 0 Å². The van der Waals surface area contributed by atoms with Gasteiger partial charge in [-0.2, -0.15) is 0 Å². The Morgan fingerprint density at radius 2 is 1.53 bits per heavy atom. The number of rotatable bonds is 11. The van der Waals surface area contributed by atoms with Gasteiger partial charge in [0.25, 0.3) is 0 Å². The lowest BCUT2D eigenvalue weighted by Crippen LogP contribution is -2.14. The third-order valence-corrected chi connectivity index (χ3v) is 4.07. The van der Waals surface area contributed by atoms with Crippen LogP contribution in [0, 0.1) is 5.41 Å². The van der Waals surface area contributed by atoms with Crippen molar-refractivity contribution in [2.75, 3.05) is 5.73 Å². The first-order valence-electron chi connectivity index (χ1n) is 7.62. The lowest BCUT2D eigenvalue weighted by Gasteiger charge is -2.02. The van der Waals surface area contributed by atoms with Crippen molar-refractivity contribution in [3.8, 4) is 0 Å². The molecule has 19 heavy (non-hydrogen) atoms. The van der Waals surface area contributed by atoms with Crippen LogP contribution in [-0.4, -0.2) is 9.78 Å². The number of nitrogens with zero attached hydrogens (tertiary/aromatic N) is 2. The molecule has 110 valence electrons. The van der Waals surface area contributed by atoms with Gasteiger partial charge in [-0.15, -0.1) is 5.10 Å². The van der Waals surface area contributed by atoms with Gasteiger partial charge in [-0.1, -0.05) is 76.0 Å². The third kappa shape index (κ3) is 7.35. The van der Waals surface area contributed by atoms with Crippen molar-refractivity contribution in [2.24, 2.45) is 0 Å².